The number of aliphatic imine (C=N–C) groups is 1. The minimum Gasteiger partial charge on any atom is -0.489 e. The Balaban J connectivity index is 0.00000676. The van der Waals surface area contributed by atoms with Crippen molar-refractivity contribution < 1.29 is 13.2 Å². The molecule has 1 aromatic rings. The van der Waals surface area contributed by atoms with Crippen molar-refractivity contribution >= 4 is 40.0 Å². The van der Waals surface area contributed by atoms with Crippen LogP contribution in [0.25, 0.3) is 0 Å². The van der Waals surface area contributed by atoms with E-state index in [0.29, 0.717) is 32.1 Å². The van der Waals surface area contributed by atoms with Crippen LogP contribution in [-0.2, 0) is 10.0 Å². The van der Waals surface area contributed by atoms with Crippen LogP contribution in [0.15, 0.2) is 29.3 Å². The first kappa shape index (κ1) is 25.9. The van der Waals surface area contributed by atoms with Gasteiger partial charge in [-0.25, -0.2) is 12.7 Å². The molecule has 1 rings (SSSR count). The largest absolute Gasteiger partial charge is 0.489 e. The van der Waals surface area contributed by atoms with Crippen molar-refractivity contribution in [2.75, 3.05) is 39.0 Å². The fourth-order valence-corrected chi connectivity index (χ4v) is 3.86. The van der Waals surface area contributed by atoms with Crippen molar-refractivity contribution in [2.24, 2.45) is 4.99 Å². The van der Waals surface area contributed by atoms with Gasteiger partial charge in [0.2, 0.25) is 10.0 Å². The zero-order valence-electron chi connectivity index (χ0n) is 16.9. The van der Waals surface area contributed by atoms with Gasteiger partial charge in [0.1, 0.15) is 11.9 Å². The van der Waals surface area contributed by atoms with Gasteiger partial charge in [0.05, 0.1) is 12.3 Å². The Morgan fingerprint density at radius 3 is 2.41 bits per heavy atom. The molecule has 0 saturated heterocycles. The maximum atomic E-state index is 12.2. The third kappa shape index (κ3) is 9.11. The van der Waals surface area contributed by atoms with Crippen LogP contribution in [0.2, 0.25) is 0 Å². The van der Waals surface area contributed by atoms with Gasteiger partial charge < -0.3 is 15.4 Å². The van der Waals surface area contributed by atoms with Crippen LogP contribution in [-0.4, -0.2) is 63.8 Å². The fourth-order valence-electron chi connectivity index (χ4n) is 2.45. The molecule has 1 aromatic carbocycles. The Labute approximate surface area is 181 Å². The molecule has 0 aliphatic heterocycles. The van der Waals surface area contributed by atoms with E-state index in [9.17, 15) is 8.42 Å². The van der Waals surface area contributed by atoms with E-state index in [4.69, 9.17) is 4.74 Å². The molecule has 0 amide bonds. The van der Waals surface area contributed by atoms with E-state index >= 15 is 0 Å². The van der Waals surface area contributed by atoms with Gasteiger partial charge in [-0.15, -0.1) is 24.0 Å². The van der Waals surface area contributed by atoms with Gasteiger partial charge in [0.25, 0.3) is 0 Å². The lowest BCUT2D eigenvalue weighted by molar-refractivity contribution is 0.222. The lowest BCUT2D eigenvalue weighted by Crippen LogP contribution is -2.44. The van der Waals surface area contributed by atoms with E-state index in [1.54, 1.807) is 7.05 Å². The second kappa shape index (κ2) is 13.2. The normalized spacial score (nSPS) is 13.0. The highest BCUT2D eigenvalue weighted by Crippen LogP contribution is 2.17. The predicted octanol–water partition coefficient (Wildman–Crippen LogP) is 2.22. The van der Waals surface area contributed by atoms with Crippen LogP contribution < -0.4 is 15.4 Å². The molecule has 0 aliphatic carbocycles. The number of halogens is 1. The van der Waals surface area contributed by atoms with Crippen molar-refractivity contribution in [2.45, 2.75) is 33.8 Å². The molecular formula is C18H33IN4O3S. The summed E-state index contributed by atoms with van der Waals surface area (Å²) in [4.78, 5) is 4.12. The number of ether oxygens (including phenoxy) is 1. The third-order valence-corrected chi connectivity index (χ3v) is 5.98. The van der Waals surface area contributed by atoms with Crippen LogP contribution in [0.3, 0.4) is 0 Å². The van der Waals surface area contributed by atoms with E-state index in [1.165, 1.54) is 4.31 Å². The summed E-state index contributed by atoms with van der Waals surface area (Å²) in [5.74, 6) is 1.44. The molecule has 156 valence electrons. The Bertz CT molecular complexity index is 679. The predicted molar refractivity (Wildman–Crippen MR) is 123 cm³/mol. The van der Waals surface area contributed by atoms with Gasteiger partial charge in [-0.3, -0.25) is 4.99 Å². The van der Waals surface area contributed by atoms with Gasteiger partial charge in [0.15, 0.2) is 5.96 Å². The van der Waals surface area contributed by atoms with E-state index in [1.807, 2.05) is 52.0 Å². The Hall–Kier alpha value is -1.07. The first-order valence-electron chi connectivity index (χ1n) is 8.98. The molecule has 9 heteroatoms. The molecule has 0 saturated carbocycles. The van der Waals surface area contributed by atoms with E-state index < -0.39 is 10.0 Å². The summed E-state index contributed by atoms with van der Waals surface area (Å²) in [6, 6.07) is 7.87. The van der Waals surface area contributed by atoms with Gasteiger partial charge in [0, 0.05) is 26.7 Å². The second-order valence-electron chi connectivity index (χ2n) is 5.97. The number of sulfonamides is 1. The molecule has 27 heavy (non-hydrogen) atoms. The monoisotopic (exact) mass is 512 g/mol. The summed E-state index contributed by atoms with van der Waals surface area (Å²) >= 11 is 0. The van der Waals surface area contributed by atoms with E-state index in [2.05, 4.69) is 15.6 Å². The molecule has 7 nitrogen and oxygen atoms in total. The fraction of sp³-hybridized carbons (Fsp3) is 0.611. The average molecular weight is 512 g/mol. The van der Waals surface area contributed by atoms with E-state index in [-0.39, 0.29) is 35.8 Å². The molecule has 1 unspecified atom stereocenters. The summed E-state index contributed by atoms with van der Waals surface area (Å²) in [6.07, 6.45) is -0.0611. The smallest absolute Gasteiger partial charge is 0.215 e. The number of guanidine groups is 1. The number of benzene rings is 1. The maximum absolute atomic E-state index is 12.2. The number of rotatable bonds is 10. The standard InChI is InChI=1S/C18H32N4O3S.HI/c1-6-22(7-2)26(23,24)13-12-20-18(19-5)21-14-16(4)25-17-11-9-8-10-15(17)3;/h8-11,16H,6-7,12-14H2,1-5H3,(H2,19,20,21);1H. The molecule has 1 atom stereocenters. The average Bonchev–Trinajstić information content (AvgIpc) is 2.60. The lowest BCUT2D eigenvalue weighted by Gasteiger charge is -2.20. The molecule has 0 aliphatic rings. The van der Waals surface area contributed by atoms with Crippen molar-refractivity contribution in [3.63, 3.8) is 0 Å². The van der Waals surface area contributed by atoms with Gasteiger partial charge in [-0.1, -0.05) is 32.0 Å². The topological polar surface area (TPSA) is 83.0 Å². The number of aryl methyl sites for hydroxylation is 1. The first-order valence-corrected chi connectivity index (χ1v) is 10.6. The molecule has 0 heterocycles. The summed E-state index contributed by atoms with van der Waals surface area (Å²) in [5, 5.41) is 6.19. The first-order chi connectivity index (χ1) is 12.3. The molecule has 0 radical (unpaired) electrons. The lowest BCUT2D eigenvalue weighted by atomic mass is 10.2. The molecular weight excluding hydrogens is 479 g/mol. The number of nitrogens with one attached hydrogen (secondary N) is 2. The number of hydrogen-bond acceptors (Lipinski definition) is 4. The summed E-state index contributed by atoms with van der Waals surface area (Å²) < 4.78 is 31.7. The highest BCUT2D eigenvalue weighted by Gasteiger charge is 2.18. The summed E-state index contributed by atoms with van der Waals surface area (Å²) in [6.45, 7) is 9.47. The Kier molecular flexibility index (Phi) is 12.6. The molecule has 2 N–H and O–H groups in total. The van der Waals surface area contributed by atoms with Crippen LogP contribution in [0, 0.1) is 6.92 Å². The van der Waals surface area contributed by atoms with Crippen molar-refractivity contribution in [3.05, 3.63) is 29.8 Å². The van der Waals surface area contributed by atoms with Crippen molar-refractivity contribution in [1.29, 1.82) is 0 Å². The van der Waals surface area contributed by atoms with Crippen molar-refractivity contribution in [3.8, 4) is 5.75 Å². The van der Waals surface area contributed by atoms with Crippen LogP contribution in [0.1, 0.15) is 26.3 Å². The van der Waals surface area contributed by atoms with E-state index in [0.717, 1.165) is 11.3 Å². The maximum Gasteiger partial charge on any atom is 0.215 e. The van der Waals surface area contributed by atoms with Crippen molar-refractivity contribution in [1.82, 2.24) is 14.9 Å². The van der Waals surface area contributed by atoms with Crippen LogP contribution in [0.5, 0.6) is 5.75 Å². The van der Waals surface area contributed by atoms with Gasteiger partial charge in [-0.2, -0.15) is 0 Å². The number of nitrogens with zero attached hydrogens (tertiary/aromatic N) is 2. The Morgan fingerprint density at radius 1 is 1.22 bits per heavy atom. The molecule has 0 bridgehead atoms. The zero-order chi connectivity index (χ0) is 19.6. The molecule has 0 spiro atoms. The van der Waals surface area contributed by atoms with Crippen LogP contribution in [0.4, 0.5) is 0 Å². The number of hydrogen-bond donors (Lipinski definition) is 2. The summed E-state index contributed by atoms with van der Waals surface area (Å²) in [7, 11) is -1.59. The van der Waals surface area contributed by atoms with Crippen LogP contribution >= 0.6 is 24.0 Å². The minimum absolute atomic E-state index is 0. The highest BCUT2D eigenvalue weighted by molar-refractivity contribution is 14.0. The minimum atomic E-state index is -3.24. The third-order valence-electron chi connectivity index (χ3n) is 3.95. The highest BCUT2D eigenvalue weighted by atomic mass is 127. The quantitative estimate of drug-likeness (QED) is 0.286. The van der Waals surface area contributed by atoms with Gasteiger partial charge in [-0.05, 0) is 25.5 Å². The number of para-hydroxylation sites is 1. The SMILES string of the molecule is CCN(CC)S(=O)(=O)CCNC(=NC)NCC(C)Oc1ccccc1C.I. The Morgan fingerprint density at radius 2 is 1.85 bits per heavy atom. The summed E-state index contributed by atoms with van der Waals surface area (Å²) in [5.41, 5.74) is 1.09. The molecule has 0 fully saturated rings. The second-order valence-corrected chi connectivity index (χ2v) is 8.06. The van der Waals surface area contributed by atoms with Gasteiger partial charge >= 0.3 is 0 Å². The molecule has 0 aromatic heterocycles. The zero-order valence-corrected chi connectivity index (χ0v) is 20.0.